The van der Waals surface area contributed by atoms with E-state index in [-0.39, 0.29) is 27.9 Å². The third kappa shape index (κ3) is 5.04. The molecule has 0 radical (unpaired) electrons. The van der Waals surface area contributed by atoms with Gasteiger partial charge >= 0.3 is 0 Å². The molecule has 1 atom stereocenters. The molecule has 1 aromatic heterocycles. The largest absolute Gasteiger partial charge is 0.360 e. The fourth-order valence-corrected chi connectivity index (χ4v) is 3.18. The van der Waals surface area contributed by atoms with Crippen LogP contribution in [0.1, 0.15) is 37.6 Å². The zero-order valence-electron chi connectivity index (χ0n) is 17.0. The topological polar surface area (TPSA) is 100 Å². The predicted octanol–water partition coefficient (Wildman–Crippen LogP) is 3.68. The number of hydrogen-bond acceptors (Lipinski definition) is 6. The normalized spacial score (nSPS) is 12.4. The predicted molar refractivity (Wildman–Crippen MR) is 119 cm³/mol. The van der Waals surface area contributed by atoms with Crippen LogP contribution in [0.15, 0.2) is 58.3 Å². The van der Waals surface area contributed by atoms with Crippen molar-refractivity contribution in [2.24, 2.45) is 5.41 Å². The van der Waals surface area contributed by atoms with E-state index in [1.165, 1.54) is 6.20 Å². The first-order valence-corrected chi connectivity index (χ1v) is 9.87. The van der Waals surface area contributed by atoms with Crippen molar-refractivity contribution < 1.29 is 4.79 Å². The highest BCUT2D eigenvalue weighted by atomic mass is 35.5. The van der Waals surface area contributed by atoms with E-state index >= 15 is 0 Å². The van der Waals surface area contributed by atoms with E-state index in [0.29, 0.717) is 17.7 Å². The summed E-state index contributed by atoms with van der Waals surface area (Å²) in [6.07, 6.45) is 1.48. The number of carbonyl (C=O) groups excluding carboxylic acids is 1. The summed E-state index contributed by atoms with van der Waals surface area (Å²) < 4.78 is 0. The van der Waals surface area contributed by atoms with Crippen molar-refractivity contribution in [3.05, 3.63) is 79.8 Å². The van der Waals surface area contributed by atoms with Gasteiger partial charge in [0.15, 0.2) is 5.15 Å². The van der Waals surface area contributed by atoms with Crippen molar-refractivity contribution in [3.8, 4) is 0 Å². The molecule has 3 aromatic rings. The molecule has 3 rings (SSSR count). The number of nitrogens with one attached hydrogen (secondary N) is 3. The molecular formula is C22H23ClN4O3. The summed E-state index contributed by atoms with van der Waals surface area (Å²) in [7, 11) is 0. The molecular weight excluding hydrogens is 404 g/mol. The summed E-state index contributed by atoms with van der Waals surface area (Å²) >= 11 is 6.04. The van der Waals surface area contributed by atoms with Crippen LogP contribution in [0.2, 0.25) is 5.15 Å². The lowest BCUT2D eigenvalue weighted by Crippen LogP contribution is -2.47. The highest BCUT2D eigenvalue weighted by Crippen LogP contribution is 2.27. The van der Waals surface area contributed by atoms with Gasteiger partial charge in [0.2, 0.25) is 0 Å². The molecule has 1 amide bonds. The summed E-state index contributed by atoms with van der Waals surface area (Å²) in [6.45, 7) is 6.06. The third-order valence-electron chi connectivity index (χ3n) is 4.41. The number of halogens is 1. The molecule has 8 heteroatoms. The van der Waals surface area contributed by atoms with Crippen molar-refractivity contribution >= 4 is 34.6 Å². The number of rotatable bonds is 7. The molecule has 0 aliphatic heterocycles. The van der Waals surface area contributed by atoms with E-state index in [1.54, 1.807) is 36.4 Å². The summed E-state index contributed by atoms with van der Waals surface area (Å²) in [6, 6.07) is 12.1. The van der Waals surface area contributed by atoms with Crippen LogP contribution in [-0.4, -0.2) is 17.1 Å². The lowest BCUT2D eigenvalue weighted by molar-refractivity contribution is 0.0933. The SMILES string of the molecule is CC(C)(C)CC(NC(=O)c1ccccc1)Nc1c(Nc2cccnc2Cl)c(=O)c1=O. The second kappa shape index (κ2) is 8.67. The van der Waals surface area contributed by atoms with Crippen LogP contribution in [0.4, 0.5) is 17.1 Å². The molecule has 0 aliphatic carbocycles. The number of aromatic nitrogens is 1. The first-order chi connectivity index (χ1) is 14.2. The minimum absolute atomic E-state index is 0.0998. The van der Waals surface area contributed by atoms with E-state index in [2.05, 4.69) is 20.9 Å². The van der Waals surface area contributed by atoms with Crippen molar-refractivity contribution in [2.45, 2.75) is 33.4 Å². The quantitative estimate of drug-likeness (QED) is 0.303. The van der Waals surface area contributed by atoms with Gasteiger partial charge in [0, 0.05) is 11.8 Å². The van der Waals surface area contributed by atoms with E-state index in [4.69, 9.17) is 11.6 Å². The second-order valence-electron chi connectivity index (χ2n) is 8.18. The number of hydrogen-bond donors (Lipinski definition) is 3. The van der Waals surface area contributed by atoms with E-state index < -0.39 is 17.0 Å². The second-order valence-corrected chi connectivity index (χ2v) is 8.53. The fraction of sp³-hybridized carbons (Fsp3) is 0.273. The van der Waals surface area contributed by atoms with Gasteiger partial charge in [-0.1, -0.05) is 50.6 Å². The van der Waals surface area contributed by atoms with Gasteiger partial charge < -0.3 is 16.0 Å². The number of nitrogens with zero attached hydrogens (tertiary/aromatic N) is 1. The third-order valence-corrected chi connectivity index (χ3v) is 4.71. The van der Waals surface area contributed by atoms with E-state index in [0.717, 1.165) is 0 Å². The molecule has 1 unspecified atom stereocenters. The molecule has 3 N–H and O–H groups in total. The highest BCUT2D eigenvalue weighted by Gasteiger charge is 2.27. The maximum absolute atomic E-state index is 12.6. The Bertz CT molecular complexity index is 1120. The Hall–Kier alpha value is -3.19. The van der Waals surface area contributed by atoms with Crippen molar-refractivity contribution in [1.29, 1.82) is 0 Å². The van der Waals surface area contributed by atoms with E-state index in [9.17, 15) is 14.4 Å². The Morgan fingerprint density at radius 1 is 1.03 bits per heavy atom. The highest BCUT2D eigenvalue weighted by molar-refractivity contribution is 6.32. The Morgan fingerprint density at radius 3 is 2.33 bits per heavy atom. The summed E-state index contributed by atoms with van der Waals surface area (Å²) in [5, 5.41) is 8.99. The molecule has 0 saturated heterocycles. The molecule has 0 saturated carbocycles. The molecule has 0 aliphatic rings. The Labute approximate surface area is 179 Å². The first kappa shape index (κ1) is 21.5. The maximum atomic E-state index is 12.6. The number of carbonyl (C=O) groups is 1. The minimum Gasteiger partial charge on any atom is -0.360 e. The van der Waals surface area contributed by atoms with Gasteiger partial charge in [-0.2, -0.15) is 0 Å². The average Bonchev–Trinajstić information content (AvgIpc) is 2.70. The summed E-state index contributed by atoms with van der Waals surface area (Å²) in [4.78, 5) is 41.0. The Morgan fingerprint density at radius 2 is 1.70 bits per heavy atom. The molecule has 30 heavy (non-hydrogen) atoms. The fourth-order valence-electron chi connectivity index (χ4n) is 3.02. The van der Waals surface area contributed by atoms with Crippen molar-refractivity contribution in [1.82, 2.24) is 10.3 Å². The van der Waals surface area contributed by atoms with Gasteiger partial charge in [-0.3, -0.25) is 14.4 Å². The Kier molecular flexibility index (Phi) is 6.22. The van der Waals surface area contributed by atoms with Crippen LogP contribution >= 0.6 is 11.6 Å². The van der Waals surface area contributed by atoms with Gasteiger partial charge in [0.1, 0.15) is 11.4 Å². The van der Waals surface area contributed by atoms with Crippen LogP contribution in [0, 0.1) is 5.41 Å². The van der Waals surface area contributed by atoms with Crippen LogP contribution in [0.25, 0.3) is 0 Å². The molecule has 0 spiro atoms. The van der Waals surface area contributed by atoms with Crippen LogP contribution in [-0.2, 0) is 0 Å². The standard InChI is InChI=1S/C22H23ClN4O3/c1-22(2,3)12-15(27-21(30)13-8-5-4-6-9-13)26-17-16(18(28)19(17)29)25-14-10-7-11-24-20(14)23/h4-11,15,25-26H,12H2,1-3H3,(H,27,30). The molecule has 1 heterocycles. The number of benzene rings is 1. The zero-order chi connectivity index (χ0) is 21.9. The number of amides is 1. The molecule has 156 valence electrons. The van der Waals surface area contributed by atoms with Crippen molar-refractivity contribution in [3.63, 3.8) is 0 Å². The molecule has 0 fully saturated rings. The van der Waals surface area contributed by atoms with Crippen LogP contribution in [0.5, 0.6) is 0 Å². The van der Waals surface area contributed by atoms with E-state index in [1.807, 2.05) is 26.8 Å². The molecule has 2 aromatic carbocycles. The summed E-state index contributed by atoms with van der Waals surface area (Å²) in [5.41, 5.74) is -0.324. The summed E-state index contributed by atoms with van der Waals surface area (Å²) in [5.74, 6) is -0.277. The number of anilines is 3. The van der Waals surface area contributed by atoms with Gasteiger partial charge in [0.25, 0.3) is 16.8 Å². The molecule has 0 bridgehead atoms. The first-order valence-electron chi connectivity index (χ1n) is 9.49. The van der Waals surface area contributed by atoms with Crippen molar-refractivity contribution in [2.75, 3.05) is 10.6 Å². The molecule has 7 nitrogen and oxygen atoms in total. The maximum Gasteiger partial charge on any atom is 0.253 e. The van der Waals surface area contributed by atoms with Gasteiger partial charge in [-0.25, -0.2) is 4.98 Å². The van der Waals surface area contributed by atoms with Crippen LogP contribution in [0.3, 0.4) is 0 Å². The lowest BCUT2D eigenvalue weighted by Gasteiger charge is -2.29. The van der Waals surface area contributed by atoms with Gasteiger partial charge in [-0.05, 0) is 36.1 Å². The number of pyridine rings is 1. The van der Waals surface area contributed by atoms with Crippen LogP contribution < -0.4 is 26.8 Å². The van der Waals surface area contributed by atoms with Gasteiger partial charge in [-0.15, -0.1) is 0 Å². The smallest absolute Gasteiger partial charge is 0.253 e. The monoisotopic (exact) mass is 426 g/mol. The lowest BCUT2D eigenvalue weighted by atomic mass is 9.90. The average molecular weight is 427 g/mol. The zero-order valence-corrected chi connectivity index (χ0v) is 17.7. The van der Waals surface area contributed by atoms with Gasteiger partial charge in [0.05, 0.1) is 11.9 Å². The Balaban J connectivity index is 1.83. The minimum atomic E-state index is -0.652.